The number of esters is 2. The molecule has 0 aliphatic carbocycles. The van der Waals surface area contributed by atoms with E-state index in [4.69, 9.17) is 9.47 Å². The monoisotopic (exact) mass is 626 g/mol. The normalized spacial score (nSPS) is 11.9. The molecule has 240 valence electrons. The van der Waals surface area contributed by atoms with Crippen LogP contribution in [0.3, 0.4) is 0 Å². The van der Waals surface area contributed by atoms with Gasteiger partial charge in [0.15, 0.2) is 0 Å². The number of ether oxygens (including phenoxy) is 2. The zero-order chi connectivity index (χ0) is 33.3. The summed E-state index contributed by atoms with van der Waals surface area (Å²) in [4.78, 5) is 52.8. The van der Waals surface area contributed by atoms with Crippen molar-refractivity contribution in [1.82, 2.24) is 4.90 Å². The van der Waals surface area contributed by atoms with Gasteiger partial charge in [-0.3, -0.25) is 19.2 Å². The lowest BCUT2D eigenvalue weighted by Gasteiger charge is -2.18. The Morgan fingerprint density at radius 2 is 1.56 bits per heavy atom. The molecule has 1 N–H and O–H groups in total. The number of anilines is 1. The van der Waals surface area contributed by atoms with Crippen LogP contribution in [0.5, 0.6) is 0 Å². The van der Waals surface area contributed by atoms with Gasteiger partial charge in [0.1, 0.15) is 6.61 Å². The molecule has 0 radical (unpaired) electrons. The minimum absolute atomic E-state index is 0.120. The molecule has 0 heterocycles. The molecule has 0 aliphatic heterocycles. The first-order chi connectivity index (χ1) is 21.2. The van der Waals surface area contributed by atoms with Crippen LogP contribution in [0.4, 0.5) is 18.9 Å². The predicted octanol–water partition coefficient (Wildman–Crippen LogP) is 6.64. The van der Waals surface area contributed by atoms with Crippen molar-refractivity contribution < 1.29 is 41.8 Å². The Bertz CT molecular complexity index is 1520. The molecule has 3 aromatic carbocycles. The van der Waals surface area contributed by atoms with E-state index in [0.29, 0.717) is 23.1 Å². The highest BCUT2D eigenvalue weighted by Crippen LogP contribution is 2.32. The molecular weight excluding hydrogens is 589 g/mol. The third-order valence-electron chi connectivity index (χ3n) is 6.83. The van der Waals surface area contributed by atoms with E-state index in [2.05, 4.69) is 5.32 Å². The fraction of sp³-hybridized carbons (Fsp3) is 0.353. The molecule has 8 nitrogen and oxygen atoms in total. The van der Waals surface area contributed by atoms with Crippen LogP contribution in [-0.4, -0.2) is 56.0 Å². The average molecular weight is 627 g/mol. The molecule has 1 unspecified atom stereocenters. The zero-order valence-corrected chi connectivity index (χ0v) is 25.9. The van der Waals surface area contributed by atoms with E-state index in [1.807, 2.05) is 13.8 Å². The van der Waals surface area contributed by atoms with Gasteiger partial charge in [-0.15, -0.1) is 0 Å². The van der Waals surface area contributed by atoms with E-state index in [0.717, 1.165) is 12.1 Å². The number of rotatable bonds is 12. The van der Waals surface area contributed by atoms with E-state index in [9.17, 15) is 32.3 Å². The highest BCUT2D eigenvalue weighted by molar-refractivity contribution is 6.11. The van der Waals surface area contributed by atoms with Gasteiger partial charge in [-0.25, -0.2) is 0 Å². The van der Waals surface area contributed by atoms with Gasteiger partial charge in [-0.2, -0.15) is 13.2 Å². The van der Waals surface area contributed by atoms with Gasteiger partial charge >= 0.3 is 18.1 Å². The number of benzene rings is 3. The summed E-state index contributed by atoms with van der Waals surface area (Å²) in [5.41, 5.74) is 0.939. The second-order valence-corrected chi connectivity index (χ2v) is 11.1. The fourth-order valence-corrected chi connectivity index (χ4v) is 4.66. The number of hydrogen-bond acceptors (Lipinski definition) is 6. The molecular formula is C34H37F3N2O6. The number of carbonyl (C=O) groups is 4. The fourth-order valence-electron chi connectivity index (χ4n) is 4.66. The summed E-state index contributed by atoms with van der Waals surface area (Å²) in [5, 5.41) is 2.74. The van der Waals surface area contributed by atoms with Crippen LogP contribution >= 0.6 is 0 Å². The van der Waals surface area contributed by atoms with E-state index < -0.39 is 41.4 Å². The Hall–Kier alpha value is -4.67. The number of hydrogen-bond donors (Lipinski definition) is 1. The van der Waals surface area contributed by atoms with Crippen molar-refractivity contribution >= 4 is 29.4 Å². The minimum Gasteiger partial charge on any atom is -0.466 e. The van der Waals surface area contributed by atoms with Gasteiger partial charge < -0.3 is 19.7 Å². The van der Waals surface area contributed by atoms with Crippen LogP contribution in [0.25, 0.3) is 11.1 Å². The van der Waals surface area contributed by atoms with E-state index in [1.165, 1.54) is 35.2 Å². The lowest BCUT2D eigenvalue weighted by atomic mass is 9.97. The van der Waals surface area contributed by atoms with E-state index in [1.54, 1.807) is 45.3 Å². The maximum Gasteiger partial charge on any atom is 0.416 e. The van der Waals surface area contributed by atoms with Gasteiger partial charge in [0.2, 0.25) is 0 Å². The van der Waals surface area contributed by atoms with Gasteiger partial charge in [-0.1, -0.05) is 50.2 Å². The molecule has 3 aromatic rings. The first kappa shape index (κ1) is 34.8. The number of alkyl halides is 3. The average Bonchev–Trinajstić information content (AvgIpc) is 2.99. The van der Waals surface area contributed by atoms with Crippen molar-refractivity contribution in [2.45, 2.75) is 39.8 Å². The quantitative estimate of drug-likeness (QED) is 0.226. The molecule has 0 aromatic heterocycles. The number of nitrogens with one attached hydrogen (secondary N) is 1. The number of nitrogens with zero attached hydrogens (tertiary/aromatic N) is 1. The standard InChI is InChI=1S/C34H37F3N2O6/c1-6-44-33(43)24(17-21(2)3)20-45-30(40)19-22-11-16-29(28(18-22)32(42)39(4)5)38-31(41)27-10-8-7-9-26(27)23-12-14-25(15-13-23)34(35,36)37/h7-16,18,21,24H,6,17,19-20H2,1-5H3,(H,38,41). The maximum absolute atomic E-state index is 13.4. The molecule has 0 saturated carbocycles. The van der Waals surface area contributed by atoms with Crippen molar-refractivity contribution in [3.05, 3.63) is 89.0 Å². The first-order valence-corrected chi connectivity index (χ1v) is 14.5. The summed E-state index contributed by atoms with van der Waals surface area (Å²) in [6, 6.07) is 15.5. The topological polar surface area (TPSA) is 102 Å². The summed E-state index contributed by atoms with van der Waals surface area (Å²) < 4.78 is 49.7. The smallest absolute Gasteiger partial charge is 0.416 e. The summed E-state index contributed by atoms with van der Waals surface area (Å²) in [7, 11) is 3.08. The first-order valence-electron chi connectivity index (χ1n) is 14.5. The summed E-state index contributed by atoms with van der Waals surface area (Å²) in [5.74, 6) is -2.46. The van der Waals surface area contributed by atoms with Crippen LogP contribution in [0.15, 0.2) is 66.7 Å². The lowest BCUT2D eigenvalue weighted by Crippen LogP contribution is -2.26. The van der Waals surface area contributed by atoms with Crippen LogP contribution in [0.1, 0.15) is 59.0 Å². The summed E-state index contributed by atoms with van der Waals surface area (Å²) >= 11 is 0. The Labute approximate surface area is 260 Å². The Morgan fingerprint density at radius 1 is 0.889 bits per heavy atom. The largest absolute Gasteiger partial charge is 0.466 e. The lowest BCUT2D eigenvalue weighted by molar-refractivity contribution is -0.155. The van der Waals surface area contributed by atoms with Crippen molar-refractivity contribution in [2.75, 3.05) is 32.6 Å². The van der Waals surface area contributed by atoms with Gasteiger partial charge in [0, 0.05) is 19.7 Å². The Morgan fingerprint density at radius 3 is 2.16 bits per heavy atom. The van der Waals surface area contributed by atoms with Crippen molar-refractivity contribution in [3.63, 3.8) is 0 Å². The predicted molar refractivity (Wildman–Crippen MR) is 164 cm³/mol. The van der Waals surface area contributed by atoms with Crippen LogP contribution in [-0.2, 0) is 31.7 Å². The minimum atomic E-state index is -4.49. The van der Waals surface area contributed by atoms with Crippen LogP contribution in [0.2, 0.25) is 0 Å². The summed E-state index contributed by atoms with van der Waals surface area (Å²) in [6.45, 7) is 5.68. The van der Waals surface area contributed by atoms with Crippen LogP contribution < -0.4 is 5.32 Å². The number of halogens is 3. The molecule has 0 bridgehead atoms. The van der Waals surface area contributed by atoms with Gasteiger partial charge in [0.05, 0.1) is 35.8 Å². The van der Waals surface area contributed by atoms with Crippen molar-refractivity contribution in [2.24, 2.45) is 11.8 Å². The van der Waals surface area contributed by atoms with E-state index >= 15 is 0 Å². The Balaban J connectivity index is 1.82. The zero-order valence-electron chi connectivity index (χ0n) is 25.9. The molecule has 0 aliphatic rings. The third kappa shape index (κ3) is 9.66. The molecule has 0 fully saturated rings. The van der Waals surface area contributed by atoms with Gasteiger partial charge in [0.25, 0.3) is 11.8 Å². The van der Waals surface area contributed by atoms with E-state index in [-0.39, 0.29) is 42.4 Å². The second kappa shape index (κ2) is 15.4. The van der Waals surface area contributed by atoms with Crippen LogP contribution in [0, 0.1) is 11.8 Å². The highest BCUT2D eigenvalue weighted by Gasteiger charge is 2.30. The molecule has 1 atom stereocenters. The third-order valence-corrected chi connectivity index (χ3v) is 6.83. The molecule has 11 heteroatoms. The molecule has 45 heavy (non-hydrogen) atoms. The van der Waals surface area contributed by atoms with Crippen molar-refractivity contribution in [3.8, 4) is 11.1 Å². The summed E-state index contributed by atoms with van der Waals surface area (Å²) in [6.07, 6.45) is -4.19. The second-order valence-electron chi connectivity index (χ2n) is 11.1. The Kier molecular flexibility index (Phi) is 11.9. The molecule has 0 saturated heterocycles. The number of amides is 2. The molecule has 0 spiro atoms. The number of carbonyl (C=O) groups excluding carboxylic acids is 4. The molecule has 3 rings (SSSR count). The van der Waals surface area contributed by atoms with Gasteiger partial charge in [-0.05, 0) is 66.3 Å². The maximum atomic E-state index is 13.4. The molecule has 2 amide bonds. The SMILES string of the molecule is CCOC(=O)C(COC(=O)Cc1ccc(NC(=O)c2ccccc2-c2ccc(C(F)(F)F)cc2)c(C(=O)N(C)C)c1)CC(C)C. The van der Waals surface area contributed by atoms with Crippen molar-refractivity contribution in [1.29, 1.82) is 0 Å². The highest BCUT2D eigenvalue weighted by atomic mass is 19.4.